The summed E-state index contributed by atoms with van der Waals surface area (Å²) < 4.78 is 2.25. The molecule has 2 aromatic heterocycles. The minimum Gasteiger partial charge on any atom is -0.506 e. The van der Waals surface area contributed by atoms with Crippen LogP contribution in [0.4, 0.5) is 0 Å². The smallest absolute Gasteiger partial charge is 0.183 e. The number of aliphatic hydroxyl groups excluding tert-OH is 1. The molecule has 6 nitrogen and oxygen atoms in total. The van der Waals surface area contributed by atoms with Crippen LogP contribution in [0.1, 0.15) is 39.0 Å². The van der Waals surface area contributed by atoms with Gasteiger partial charge < -0.3 is 9.67 Å². The molecule has 4 rings (SSSR count). The van der Waals surface area contributed by atoms with Crippen LogP contribution in [-0.4, -0.2) is 37.7 Å². The van der Waals surface area contributed by atoms with Crippen LogP contribution in [0.25, 0.3) is 11.0 Å². The Morgan fingerprint density at radius 1 is 1.33 bits per heavy atom. The summed E-state index contributed by atoms with van der Waals surface area (Å²) >= 11 is 0. The van der Waals surface area contributed by atoms with Crippen molar-refractivity contribution >= 4 is 22.5 Å². The molecule has 0 radical (unpaired) electrons. The van der Waals surface area contributed by atoms with E-state index in [0.29, 0.717) is 18.5 Å². The van der Waals surface area contributed by atoms with Gasteiger partial charge >= 0.3 is 0 Å². The number of aliphatic hydroxyl groups is 1. The van der Waals surface area contributed by atoms with Crippen molar-refractivity contribution in [3.8, 4) is 0 Å². The number of pyridine rings is 1. The number of hydrogen-bond acceptors (Lipinski definition) is 5. The maximum absolute atomic E-state index is 12.2. The van der Waals surface area contributed by atoms with E-state index in [1.165, 1.54) is 0 Å². The standard InChI is InChI=1S/C21H24N4O2/c1-3-17(26)19-15(2)18(27)13-24(23-19)14-21(9-4-5-10-21)25-12-8-16-7-6-11-22-20(16)25/h6-8,11-13,27H,2-5,9-10,14H2,1H3. The lowest BCUT2D eigenvalue weighted by molar-refractivity contribution is -0.112. The lowest BCUT2D eigenvalue weighted by Gasteiger charge is -2.36. The molecule has 27 heavy (non-hydrogen) atoms. The first-order chi connectivity index (χ1) is 13.0. The zero-order chi connectivity index (χ0) is 19.0. The third-order valence-corrected chi connectivity index (χ3v) is 5.63. The Labute approximate surface area is 158 Å². The van der Waals surface area contributed by atoms with Crippen molar-refractivity contribution in [1.29, 1.82) is 0 Å². The summed E-state index contributed by atoms with van der Waals surface area (Å²) in [6, 6.07) is 6.09. The van der Waals surface area contributed by atoms with Gasteiger partial charge in [-0.05, 0) is 31.0 Å². The second-order valence-electron chi connectivity index (χ2n) is 7.35. The topological polar surface area (TPSA) is 70.7 Å². The van der Waals surface area contributed by atoms with Gasteiger partial charge in [-0.2, -0.15) is 5.10 Å². The van der Waals surface area contributed by atoms with Gasteiger partial charge in [0.15, 0.2) is 5.78 Å². The summed E-state index contributed by atoms with van der Waals surface area (Å²) in [5, 5.41) is 17.6. The highest BCUT2D eigenvalue weighted by atomic mass is 16.3. The molecule has 0 aromatic carbocycles. The van der Waals surface area contributed by atoms with Crippen LogP contribution in [0.3, 0.4) is 0 Å². The number of carbonyl (C=O) groups excluding carboxylic acids is 1. The van der Waals surface area contributed by atoms with Gasteiger partial charge in [0.2, 0.25) is 0 Å². The quantitative estimate of drug-likeness (QED) is 0.873. The lowest BCUT2D eigenvalue weighted by atomic mass is 9.96. The van der Waals surface area contributed by atoms with Crippen molar-refractivity contribution < 1.29 is 9.90 Å². The Morgan fingerprint density at radius 3 is 2.85 bits per heavy atom. The van der Waals surface area contributed by atoms with Crippen LogP contribution in [0.15, 0.2) is 59.8 Å². The van der Waals surface area contributed by atoms with Gasteiger partial charge in [-0.25, -0.2) is 4.98 Å². The molecule has 0 saturated heterocycles. The van der Waals surface area contributed by atoms with Crippen LogP contribution in [0, 0.1) is 0 Å². The predicted molar refractivity (Wildman–Crippen MR) is 105 cm³/mol. The van der Waals surface area contributed by atoms with Crippen molar-refractivity contribution in [3.63, 3.8) is 0 Å². The number of rotatable bonds is 5. The number of allylic oxidation sites excluding steroid dienone is 1. The van der Waals surface area contributed by atoms with E-state index in [-0.39, 0.29) is 22.8 Å². The molecule has 6 heteroatoms. The number of aromatic nitrogens is 2. The Morgan fingerprint density at radius 2 is 2.11 bits per heavy atom. The first kappa shape index (κ1) is 17.5. The maximum atomic E-state index is 12.2. The number of Topliss-reactive ketones (excluding diaryl/α,β-unsaturated/α-hetero) is 1. The molecule has 0 spiro atoms. The normalized spacial score (nSPS) is 19.3. The van der Waals surface area contributed by atoms with Crippen LogP contribution in [0.5, 0.6) is 0 Å². The minimum absolute atomic E-state index is 0.00503. The summed E-state index contributed by atoms with van der Waals surface area (Å²) in [5.74, 6) is -0.108. The maximum Gasteiger partial charge on any atom is 0.183 e. The van der Waals surface area contributed by atoms with Crippen LogP contribution >= 0.6 is 0 Å². The lowest BCUT2D eigenvalue weighted by Crippen LogP contribution is -2.41. The highest BCUT2D eigenvalue weighted by Crippen LogP contribution is 2.40. The molecule has 1 aliphatic carbocycles. The highest BCUT2D eigenvalue weighted by molar-refractivity contribution is 6.47. The van der Waals surface area contributed by atoms with Crippen LogP contribution < -0.4 is 0 Å². The number of nitrogens with zero attached hydrogens (tertiary/aromatic N) is 4. The van der Waals surface area contributed by atoms with Gasteiger partial charge in [0, 0.05) is 29.8 Å². The molecule has 1 aliphatic heterocycles. The largest absolute Gasteiger partial charge is 0.506 e. The fraction of sp³-hybridized carbons (Fsp3) is 0.381. The molecule has 0 unspecified atom stereocenters. The molecule has 2 aromatic rings. The molecule has 2 aliphatic rings. The fourth-order valence-electron chi connectivity index (χ4n) is 4.19. The van der Waals surface area contributed by atoms with Crippen molar-refractivity contribution in [2.75, 3.05) is 6.54 Å². The summed E-state index contributed by atoms with van der Waals surface area (Å²) in [5.41, 5.74) is 1.34. The van der Waals surface area contributed by atoms with Crippen LogP contribution in [-0.2, 0) is 10.3 Å². The fourth-order valence-corrected chi connectivity index (χ4v) is 4.19. The Hall–Kier alpha value is -2.89. The Bertz CT molecular complexity index is 963. The van der Waals surface area contributed by atoms with Gasteiger partial charge in [-0.1, -0.05) is 26.3 Å². The van der Waals surface area contributed by atoms with E-state index in [0.717, 1.165) is 36.7 Å². The second kappa shape index (κ2) is 6.68. The summed E-state index contributed by atoms with van der Waals surface area (Å²) in [4.78, 5) is 16.8. The monoisotopic (exact) mass is 364 g/mol. The van der Waals surface area contributed by atoms with E-state index < -0.39 is 0 Å². The number of ketones is 1. The number of fused-ring (bicyclic) bond motifs is 1. The third kappa shape index (κ3) is 2.95. The first-order valence-electron chi connectivity index (χ1n) is 9.45. The highest BCUT2D eigenvalue weighted by Gasteiger charge is 2.39. The van der Waals surface area contributed by atoms with Gasteiger partial charge in [0.05, 0.1) is 18.3 Å². The van der Waals surface area contributed by atoms with Crippen molar-refractivity contribution in [1.82, 2.24) is 14.6 Å². The predicted octanol–water partition coefficient (Wildman–Crippen LogP) is 3.91. The molecule has 0 bridgehead atoms. The van der Waals surface area contributed by atoms with Crippen molar-refractivity contribution in [2.45, 2.75) is 44.6 Å². The summed E-state index contributed by atoms with van der Waals surface area (Å²) in [6.45, 7) is 6.17. The first-order valence-corrected chi connectivity index (χ1v) is 9.45. The minimum atomic E-state index is -0.171. The molecule has 0 amide bonds. The van der Waals surface area contributed by atoms with Gasteiger partial charge in [0.1, 0.15) is 17.1 Å². The average Bonchev–Trinajstić information content (AvgIpc) is 3.31. The van der Waals surface area contributed by atoms with E-state index >= 15 is 0 Å². The third-order valence-electron chi connectivity index (χ3n) is 5.63. The zero-order valence-electron chi connectivity index (χ0n) is 15.6. The number of hydrazone groups is 1. The Kier molecular flexibility index (Phi) is 4.34. The number of hydrogen-bond donors (Lipinski definition) is 1. The van der Waals surface area contributed by atoms with E-state index in [1.54, 1.807) is 18.1 Å². The van der Waals surface area contributed by atoms with Crippen LogP contribution in [0.2, 0.25) is 0 Å². The van der Waals surface area contributed by atoms with E-state index in [2.05, 4.69) is 39.6 Å². The Balaban J connectivity index is 1.73. The van der Waals surface area contributed by atoms with Gasteiger partial charge in [-0.15, -0.1) is 0 Å². The molecule has 0 atom stereocenters. The van der Waals surface area contributed by atoms with E-state index in [1.807, 2.05) is 12.3 Å². The second-order valence-corrected chi connectivity index (χ2v) is 7.35. The molecule has 1 saturated carbocycles. The molecular weight excluding hydrogens is 340 g/mol. The SMILES string of the molecule is C=C1C(O)=CN(CC2(n3ccc4cccnc43)CCCC2)N=C1C(=O)CC. The van der Waals surface area contributed by atoms with E-state index in [4.69, 9.17) is 0 Å². The summed E-state index contributed by atoms with van der Waals surface area (Å²) in [7, 11) is 0. The van der Waals surface area contributed by atoms with Crippen molar-refractivity contribution in [2.24, 2.45) is 5.10 Å². The summed E-state index contributed by atoms with van der Waals surface area (Å²) in [6.07, 6.45) is 10.1. The molecule has 1 fully saturated rings. The molecule has 3 heterocycles. The van der Waals surface area contributed by atoms with Gasteiger partial charge in [0.25, 0.3) is 0 Å². The molecule has 1 N–H and O–H groups in total. The average molecular weight is 364 g/mol. The van der Waals surface area contributed by atoms with Crippen molar-refractivity contribution in [3.05, 3.63) is 54.7 Å². The number of carbonyl (C=O) groups is 1. The molecular formula is C21H24N4O2. The molecule has 140 valence electrons. The zero-order valence-corrected chi connectivity index (χ0v) is 15.6. The van der Waals surface area contributed by atoms with Gasteiger partial charge in [-0.3, -0.25) is 9.80 Å². The van der Waals surface area contributed by atoms with E-state index in [9.17, 15) is 9.90 Å².